The smallest absolute Gasteiger partial charge is 0.307 e. The quantitative estimate of drug-likeness (QED) is 0.602. The number of nitro benzene ring substituents is 1. The molecule has 0 atom stereocenters. The highest BCUT2D eigenvalue weighted by Gasteiger charge is 2.45. The van der Waals surface area contributed by atoms with Gasteiger partial charge in [-0.3, -0.25) is 15.0 Å². The molecular formula is C14H17BrN6O2. The highest BCUT2D eigenvalue weighted by Crippen LogP contribution is 2.44. The molecule has 1 heterocycles. The SMILES string of the molecule is NC1=NC2(CCCCC2)N(c2cccc(Br)c2[N+](=O)[O-])C(N)=N1. The van der Waals surface area contributed by atoms with E-state index in [1.165, 1.54) is 0 Å². The molecule has 0 unspecified atom stereocenters. The molecular weight excluding hydrogens is 364 g/mol. The fraction of sp³-hybridized carbons (Fsp3) is 0.429. The molecule has 0 radical (unpaired) electrons. The first-order valence-electron chi connectivity index (χ1n) is 7.37. The average molecular weight is 381 g/mol. The molecule has 1 saturated carbocycles. The predicted octanol–water partition coefficient (Wildman–Crippen LogP) is 2.47. The third-order valence-corrected chi connectivity index (χ3v) is 4.88. The van der Waals surface area contributed by atoms with Crippen LogP contribution in [0.4, 0.5) is 11.4 Å². The lowest BCUT2D eigenvalue weighted by molar-refractivity contribution is -0.384. The molecule has 4 N–H and O–H groups in total. The maximum absolute atomic E-state index is 11.5. The first kappa shape index (κ1) is 15.7. The molecule has 1 aliphatic heterocycles. The summed E-state index contributed by atoms with van der Waals surface area (Å²) in [5, 5.41) is 11.5. The first-order chi connectivity index (χ1) is 10.9. The van der Waals surface area contributed by atoms with Crippen LogP contribution >= 0.6 is 15.9 Å². The summed E-state index contributed by atoms with van der Waals surface area (Å²) in [6, 6.07) is 5.03. The van der Waals surface area contributed by atoms with Gasteiger partial charge in [0, 0.05) is 0 Å². The van der Waals surface area contributed by atoms with E-state index in [-0.39, 0.29) is 17.6 Å². The zero-order valence-corrected chi connectivity index (χ0v) is 14.0. The molecule has 1 spiro atoms. The standard InChI is InChI=1S/C14H17BrN6O2/c15-9-5-4-6-10(11(9)21(22)23)20-13(17)18-12(16)19-14(20)7-2-1-3-8-14/h4-6H,1-3,7-8H2,(H4,16,17,18,19). The van der Waals surface area contributed by atoms with Crippen molar-refractivity contribution in [1.82, 2.24) is 0 Å². The number of nitrogens with two attached hydrogens (primary N) is 2. The van der Waals surface area contributed by atoms with Crippen molar-refractivity contribution >= 4 is 39.2 Å². The number of rotatable bonds is 2. The molecule has 1 fully saturated rings. The van der Waals surface area contributed by atoms with E-state index in [1.54, 1.807) is 23.1 Å². The van der Waals surface area contributed by atoms with Gasteiger partial charge in [-0.1, -0.05) is 12.5 Å². The first-order valence-corrected chi connectivity index (χ1v) is 8.16. The van der Waals surface area contributed by atoms with Gasteiger partial charge < -0.3 is 11.5 Å². The number of guanidine groups is 2. The molecule has 0 saturated heterocycles. The van der Waals surface area contributed by atoms with Crippen LogP contribution in [0.3, 0.4) is 0 Å². The van der Waals surface area contributed by atoms with E-state index in [9.17, 15) is 10.1 Å². The van der Waals surface area contributed by atoms with Crippen molar-refractivity contribution in [2.45, 2.75) is 37.8 Å². The monoisotopic (exact) mass is 380 g/mol. The molecule has 0 amide bonds. The Morgan fingerprint density at radius 2 is 1.96 bits per heavy atom. The molecule has 122 valence electrons. The Labute approximate surface area is 141 Å². The fourth-order valence-electron chi connectivity index (χ4n) is 3.33. The summed E-state index contributed by atoms with van der Waals surface area (Å²) >= 11 is 3.25. The van der Waals surface area contributed by atoms with Gasteiger partial charge in [0.05, 0.1) is 9.40 Å². The van der Waals surface area contributed by atoms with E-state index in [1.807, 2.05) is 0 Å². The van der Waals surface area contributed by atoms with E-state index in [4.69, 9.17) is 11.5 Å². The lowest BCUT2D eigenvalue weighted by Gasteiger charge is -2.45. The third kappa shape index (κ3) is 2.65. The maximum Gasteiger partial charge on any atom is 0.307 e. The number of nitro groups is 1. The Kier molecular flexibility index (Phi) is 3.97. The second kappa shape index (κ2) is 5.80. The number of hydrogen-bond acceptors (Lipinski definition) is 7. The minimum absolute atomic E-state index is 0.0498. The van der Waals surface area contributed by atoms with Crippen molar-refractivity contribution in [1.29, 1.82) is 0 Å². The highest BCUT2D eigenvalue weighted by molar-refractivity contribution is 9.10. The molecule has 23 heavy (non-hydrogen) atoms. The Morgan fingerprint density at radius 3 is 2.61 bits per heavy atom. The van der Waals surface area contributed by atoms with Gasteiger partial charge in [-0.2, -0.15) is 4.99 Å². The van der Waals surface area contributed by atoms with Crippen LogP contribution < -0.4 is 16.4 Å². The van der Waals surface area contributed by atoms with Crippen LogP contribution in [0.5, 0.6) is 0 Å². The summed E-state index contributed by atoms with van der Waals surface area (Å²) in [4.78, 5) is 21.3. The van der Waals surface area contributed by atoms with Crippen LogP contribution in [-0.2, 0) is 0 Å². The van der Waals surface area contributed by atoms with Crippen LogP contribution in [0.15, 0.2) is 32.7 Å². The van der Waals surface area contributed by atoms with Crippen LogP contribution in [0.2, 0.25) is 0 Å². The molecule has 2 aliphatic rings. The Bertz CT molecular complexity index is 711. The van der Waals surface area contributed by atoms with E-state index in [0.717, 1.165) is 32.1 Å². The molecule has 1 aromatic carbocycles. The third-order valence-electron chi connectivity index (χ3n) is 4.24. The largest absolute Gasteiger partial charge is 0.369 e. The summed E-state index contributed by atoms with van der Waals surface area (Å²) in [6.07, 6.45) is 4.48. The van der Waals surface area contributed by atoms with Crippen LogP contribution in [0.1, 0.15) is 32.1 Å². The summed E-state index contributed by atoms with van der Waals surface area (Å²) in [6.45, 7) is 0. The van der Waals surface area contributed by atoms with Gasteiger partial charge >= 0.3 is 5.69 Å². The number of nitrogens with zero attached hydrogens (tertiary/aromatic N) is 4. The topological polar surface area (TPSA) is 123 Å². The zero-order chi connectivity index (χ0) is 16.6. The average Bonchev–Trinajstić information content (AvgIpc) is 2.46. The molecule has 8 nitrogen and oxygen atoms in total. The molecule has 3 rings (SSSR count). The molecule has 1 aromatic rings. The lowest BCUT2D eigenvalue weighted by atomic mass is 9.87. The van der Waals surface area contributed by atoms with Gasteiger partial charge in [0.15, 0.2) is 0 Å². The Morgan fingerprint density at radius 1 is 1.26 bits per heavy atom. The second-order valence-electron chi connectivity index (χ2n) is 5.68. The van der Waals surface area contributed by atoms with Crippen molar-refractivity contribution in [2.24, 2.45) is 21.5 Å². The van der Waals surface area contributed by atoms with Gasteiger partial charge in [-0.25, -0.2) is 4.99 Å². The molecule has 9 heteroatoms. The second-order valence-corrected chi connectivity index (χ2v) is 6.54. The summed E-state index contributed by atoms with van der Waals surface area (Å²) in [5.41, 5.74) is 11.5. The molecule has 1 aliphatic carbocycles. The van der Waals surface area contributed by atoms with E-state index >= 15 is 0 Å². The lowest BCUT2D eigenvalue weighted by Crippen LogP contribution is -2.58. The summed E-state index contributed by atoms with van der Waals surface area (Å²) in [7, 11) is 0. The van der Waals surface area contributed by atoms with Gasteiger partial charge in [0.2, 0.25) is 11.9 Å². The normalized spacial score (nSPS) is 20.1. The van der Waals surface area contributed by atoms with Crippen LogP contribution in [0.25, 0.3) is 0 Å². The van der Waals surface area contributed by atoms with E-state index < -0.39 is 10.6 Å². The van der Waals surface area contributed by atoms with E-state index in [2.05, 4.69) is 25.9 Å². The van der Waals surface area contributed by atoms with Crippen LogP contribution in [-0.4, -0.2) is 22.5 Å². The van der Waals surface area contributed by atoms with Gasteiger partial charge in [0.25, 0.3) is 0 Å². The van der Waals surface area contributed by atoms with Crippen molar-refractivity contribution in [2.75, 3.05) is 4.90 Å². The zero-order valence-electron chi connectivity index (χ0n) is 12.4. The number of halogens is 1. The number of hydrogen-bond donors (Lipinski definition) is 2. The molecule has 0 bridgehead atoms. The minimum Gasteiger partial charge on any atom is -0.369 e. The summed E-state index contributed by atoms with van der Waals surface area (Å²) < 4.78 is 0.390. The van der Waals surface area contributed by atoms with Crippen molar-refractivity contribution in [3.05, 3.63) is 32.8 Å². The van der Waals surface area contributed by atoms with Gasteiger partial charge in [-0.05, 0) is 53.7 Å². The minimum atomic E-state index is -0.695. The molecule has 0 aromatic heterocycles. The summed E-state index contributed by atoms with van der Waals surface area (Å²) in [5.74, 6) is 0.263. The maximum atomic E-state index is 11.5. The Hall–Kier alpha value is -2.16. The van der Waals surface area contributed by atoms with Gasteiger partial charge in [0.1, 0.15) is 11.4 Å². The fourth-order valence-corrected chi connectivity index (χ4v) is 3.84. The highest BCUT2D eigenvalue weighted by atomic mass is 79.9. The van der Waals surface area contributed by atoms with Crippen molar-refractivity contribution < 1.29 is 4.92 Å². The number of benzene rings is 1. The van der Waals surface area contributed by atoms with Crippen LogP contribution in [0, 0.1) is 10.1 Å². The van der Waals surface area contributed by atoms with Gasteiger partial charge in [-0.15, -0.1) is 0 Å². The van der Waals surface area contributed by atoms with E-state index in [0.29, 0.717) is 10.2 Å². The van der Waals surface area contributed by atoms with Crippen molar-refractivity contribution in [3.8, 4) is 0 Å². The number of anilines is 1. The number of aliphatic imine (C=N–C) groups is 2. The number of para-hydroxylation sites is 1. The predicted molar refractivity (Wildman–Crippen MR) is 92.3 cm³/mol. The Balaban J connectivity index is 2.19. The van der Waals surface area contributed by atoms with Crippen molar-refractivity contribution in [3.63, 3.8) is 0 Å².